The molecule has 0 bridgehead atoms. The van der Waals surface area contributed by atoms with Crippen LogP contribution in [0.15, 0.2) is 47.2 Å². The molecule has 3 aromatic rings. The minimum atomic E-state index is -0.582. The highest BCUT2D eigenvalue weighted by molar-refractivity contribution is 5.90. The summed E-state index contributed by atoms with van der Waals surface area (Å²) in [4.78, 5) is 28.9. The molecule has 2 heterocycles. The van der Waals surface area contributed by atoms with Crippen LogP contribution in [-0.4, -0.2) is 31.7 Å². The summed E-state index contributed by atoms with van der Waals surface area (Å²) in [5.74, 6) is 0.692. The predicted molar refractivity (Wildman–Crippen MR) is 122 cm³/mol. The third kappa shape index (κ3) is 6.06. The van der Waals surface area contributed by atoms with Gasteiger partial charge in [-0.05, 0) is 36.6 Å². The second-order valence-corrected chi connectivity index (χ2v) is 8.64. The van der Waals surface area contributed by atoms with Gasteiger partial charge in [0.15, 0.2) is 5.82 Å². The molecule has 0 radical (unpaired) electrons. The zero-order valence-electron chi connectivity index (χ0n) is 18.9. The quantitative estimate of drug-likeness (QED) is 0.507. The van der Waals surface area contributed by atoms with Crippen molar-refractivity contribution in [2.45, 2.75) is 70.4 Å². The molecule has 4 rings (SSSR count). The zero-order chi connectivity index (χ0) is 23.1. The fourth-order valence-electron chi connectivity index (χ4n) is 4.40. The Morgan fingerprint density at radius 3 is 2.70 bits per heavy atom. The molecule has 33 heavy (non-hydrogen) atoms. The predicted octanol–water partition coefficient (Wildman–Crippen LogP) is 3.57. The Morgan fingerprint density at radius 1 is 1.15 bits per heavy atom. The van der Waals surface area contributed by atoms with E-state index in [4.69, 9.17) is 4.52 Å². The van der Waals surface area contributed by atoms with Crippen LogP contribution >= 0.6 is 0 Å². The molecule has 2 amide bonds. The number of nitrogens with zero attached hydrogens (tertiary/aromatic N) is 4. The fourth-order valence-corrected chi connectivity index (χ4v) is 4.40. The maximum absolute atomic E-state index is 12.5. The maximum atomic E-state index is 12.5. The highest BCUT2D eigenvalue weighted by atomic mass is 16.5. The molecule has 1 fully saturated rings. The first-order valence-electron chi connectivity index (χ1n) is 11.5. The lowest BCUT2D eigenvalue weighted by molar-refractivity contribution is -0.121. The van der Waals surface area contributed by atoms with Crippen molar-refractivity contribution in [3.05, 3.63) is 60.0 Å². The molecular formula is C24H30N6O3. The third-order valence-electron chi connectivity index (χ3n) is 5.95. The molecule has 1 aliphatic rings. The van der Waals surface area contributed by atoms with Crippen LogP contribution in [0.1, 0.15) is 69.1 Å². The molecule has 2 aromatic heterocycles. The first-order valence-corrected chi connectivity index (χ1v) is 11.5. The lowest BCUT2D eigenvalue weighted by Crippen LogP contribution is -2.45. The summed E-state index contributed by atoms with van der Waals surface area (Å²) in [6.45, 7) is 2.15. The van der Waals surface area contributed by atoms with Gasteiger partial charge in [0.1, 0.15) is 5.54 Å². The highest BCUT2D eigenvalue weighted by Gasteiger charge is 2.38. The van der Waals surface area contributed by atoms with Crippen molar-refractivity contribution in [1.82, 2.24) is 25.2 Å². The van der Waals surface area contributed by atoms with Gasteiger partial charge < -0.3 is 15.2 Å². The summed E-state index contributed by atoms with van der Waals surface area (Å²) in [6.07, 6.45) is 10.1. The molecule has 0 spiro atoms. The van der Waals surface area contributed by atoms with E-state index in [0.717, 1.165) is 49.8 Å². The minimum Gasteiger partial charge on any atom is -0.343 e. The van der Waals surface area contributed by atoms with Gasteiger partial charge in [-0.1, -0.05) is 43.0 Å². The average Bonchev–Trinajstić information content (AvgIpc) is 3.42. The number of nitrogens with one attached hydrogen (secondary N) is 2. The smallest absolute Gasteiger partial charge is 0.227 e. The van der Waals surface area contributed by atoms with E-state index in [1.54, 1.807) is 6.20 Å². The number of hydrogen-bond acceptors (Lipinski definition) is 6. The van der Waals surface area contributed by atoms with Gasteiger partial charge in [0.25, 0.3) is 0 Å². The maximum Gasteiger partial charge on any atom is 0.227 e. The number of amides is 2. The molecule has 2 N–H and O–H groups in total. The number of aromatic nitrogens is 4. The summed E-state index contributed by atoms with van der Waals surface area (Å²) in [6, 6.07) is 9.58. The summed E-state index contributed by atoms with van der Waals surface area (Å²) in [5, 5.41) is 14.4. The Kier molecular flexibility index (Phi) is 7.16. The van der Waals surface area contributed by atoms with Crippen molar-refractivity contribution in [2.24, 2.45) is 0 Å². The van der Waals surface area contributed by atoms with Crippen LogP contribution < -0.4 is 10.6 Å². The van der Waals surface area contributed by atoms with Gasteiger partial charge in [0.2, 0.25) is 17.7 Å². The molecule has 9 nitrogen and oxygen atoms in total. The standard InChI is InChI=1S/C24H30N6O3/c1-18(31)28-24(12-4-2-3-5-13-24)23-27-22(33-29-23)11-10-21(32)26-20-9-6-8-19(16-20)17-30-15-7-14-25-30/h6-9,14-16H,2-5,10-13,17H2,1H3,(H,26,32)(H,28,31). The van der Waals surface area contributed by atoms with Crippen LogP contribution in [0.4, 0.5) is 5.69 Å². The van der Waals surface area contributed by atoms with Crippen molar-refractivity contribution in [1.29, 1.82) is 0 Å². The molecule has 1 aliphatic carbocycles. The van der Waals surface area contributed by atoms with Crippen molar-refractivity contribution in [3.8, 4) is 0 Å². The topological polar surface area (TPSA) is 115 Å². The van der Waals surface area contributed by atoms with Gasteiger partial charge in [-0.25, -0.2) is 0 Å². The summed E-state index contributed by atoms with van der Waals surface area (Å²) in [5.41, 5.74) is 1.20. The molecule has 9 heteroatoms. The SMILES string of the molecule is CC(=O)NC1(c2noc(CCC(=O)Nc3cccc(Cn4cccn4)c3)n2)CCCCCC1. The Balaban J connectivity index is 1.35. The summed E-state index contributed by atoms with van der Waals surface area (Å²) < 4.78 is 7.27. The Hall–Kier alpha value is -3.49. The van der Waals surface area contributed by atoms with E-state index >= 15 is 0 Å². The molecule has 0 saturated heterocycles. The molecule has 174 valence electrons. The first-order chi connectivity index (χ1) is 16.0. The van der Waals surface area contributed by atoms with E-state index < -0.39 is 5.54 Å². The van der Waals surface area contributed by atoms with Gasteiger partial charge >= 0.3 is 0 Å². The number of rotatable bonds is 8. The van der Waals surface area contributed by atoms with Gasteiger partial charge in [0, 0.05) is 37.8 Å². The molecule has 1 saturated carbocycles. The normalized spacial score (nSPS) is 15.5. The molecule has 0 aliphatic heterocycles. The van der Waals surface area contributed by atoms with Gasteiger partial charge in [-0.15, -0.1) is 0 Å². The van der Waals surface area contributed by atoms with Crippen molar-refractivity contribution < 1.29 is 14.1 Å². The molecular weight excluding hydrogens is 420 g/mol. The fraction of sp³-hybridized carbons (Fsp3) is 0.458. The van der Waals surface area contributed by atoms with Crippen LogP contribution in [0.2, 0.25) is 0 Å². The van der Waals surface area contributed by atoms with Crippen LogP contribution in [0.5, 0.6) is 0 Å². The van der Waals surface area contributed by atoms with Crippen molar-refractivity contribution >= 4 is 17.5 Å². The third-order valence-corrected chi connectivity index (χ3v) is 5.95. The first kappa shape index (κ1) is 22.7. The number of anilines is 1. The van der Waals surface area contributed by atoms with E-state index in [1.807, 2.05) is 41.2 Å². The largest absolute Gasteiger partial charge is 0.343 e. The zero-order valence-corrected chi connectivity index (χ0v) is 18.9. The lowest BCUT2D eigenvalue weighted by atomic mass is 9.89. The van der Waals surface area contributed by atoms with E-state index in [1.165, 1.54) is 6.92 Å². The van der Waals surface area contributed by atoms with Crippen LogP contribution in [0.25, 0.3) is 0 Å². The van der Waals surface area contributed by atoms with E-state index in [9.17, 15) is 9.59 Å². The summed E-state index contributed by atoms with van der Waals surface area (Å²) >= 11 is 0. The van der Waals surface area contributed by atoms with Crippen LogP contribution in [0, 0.1) is 0 Å². The monoisotopic (exact) mass is 450 g/mol. The average molecular weight is 451 g/mol. The molecule has 0 atom stereocenters. The van der Waals surface area contributed by atoms with E-state index in [-0.39, 0.29) is 18.2 Å². The number of benzene rings is 1. The van der Waals surface area contributed by atoms with E-state index in [0.29, 0.717) is 24.7 Å². The number of aryl methyl sites for hydroxylation is 1. The number of carbonyl (C=O) groups excluding carboxylic acids is 2. The Morgan fingerprint density at radius 2 is 1.97 bits per heavy atom. The van der Waals surface area contributed by atoms with Gasteiger partial charge in [0.05, 0.1) is 6.54 Å². The van der Waals surface area contributed by atoms with Crippen molar-refractivity contribution in [2.75, 3.05) is 5.32 Å². The second-order valence-electron chi connectivity index (χ2n) is 8.64. The van der Waals surface area contributed by atoms with Gasteiger partial charge in [-0.2, -0.15) is 10.1 Å². The lowest BCUT2D eigenvalue weighted by Gasteiger charge is -2.30. The minimum absolute atomic E-state index is 0.0996. The summed E-state index contributed by atoms with van der Waals surface area (Å²) in [7, 11) is 0. The second kappa shape index (κ2) is 10.4. The Labute approximate surface area is 192 Å². The van der Waals surface area contributed by atoms with Crippen LogP contribution in [-0.2, 0) is 28.1 Å². The van der Waals surface area contributed by atoms with E-state index in [2.05, 4.69) is 25.9 Å². The molecule has 1 aromatic carbocycles. The highest BCUT2D eigenvalue weighted by Crippen LogP contribution is 2.34. The van der Waals surface area contributed by atoms with Crippen LogP contribution in [0.3, 0.4) is 0 Å². The Bertz CT molecular complexity index is 1070. The number of hydrogen-bond donors (Lipinski definition) is 2. The molecule has 0 unspecified atom stereocenters. The number of carbonyl (C=O) groups is 2. The van der Waals surface area contributed by atoms with Crippen molar-refractivity contribution in [3.63, 3.8) is 0 Å². The van der Waals surface area contributed by atoms with Gasteiger partial charge in [-0.3, -0.25) is 14.3 Å².